The number of sulfonamides is 1. The van der Waals surface area contributed by atoms with Crippen molar-refractivity contribution in [2.24, 2.45) is 5.73 Å². The maximum Gasteiger partial charge on any atom is 0.219 e. The Kier molecular flexibility index (Phi) is 4.83. The molecule has 0 aliphatic carbocycles. The van der Waals surface area contributed by atoms with Crippen molar-refractivity contribution in [2.45, 2.75) is 25.8 Å². The molecule has 0 bridgehead atoms. The van der Waals surface area contributed by atoms with E-state index in [2.05, 4.69) is 4.72 Å². The van der Waals surface area contributed by atoms with Gasteiger partial charge in [0, 0.05) is 17.8 Å². The highest BCUT2D eigenvalue weighted by Crippen LogP contribution is 2.09. The third-order valence-electron chi connectivity index (χ3n) is 1.39. The molecule has 0 aromatic rings. The molecule has 0 atom stereocenters. The minimum Gasteiger partial charge on any atom is -0.370 e. The van der Waals surface area contributed by atoms with E-state index in [0.29, 0.717) is 0 Å². The molecule has 14 heavy (non-hydrogen) atoms. The predicted octanol–water partition coefficient (Wildman–Crippen LogP) is -0.201. The summed E-state index contributed by atoms with van der Waals surface area (Å²) >= 11 is 5.31. The molecule has 0 aliphatic heterocycles. The number of carbonyl (C=O) groups is 1. The lowest BCUT2D eigenvalue weighted by Gasteiger charge is -2.23. The average molecular weight is 243 g/mol. The molecular formula is C7H15ClN2O3S. The first-order chi connectivity index (χ1) is 6.18. The third kappa shape index (κ3) is 6.17. The Balaban J connectivity index is 4.42. The van der Waals surface area contributed by atoms with Crippen molar-refractivity contribution >= 4 is 27.5 Å². The zero-order chi connectivity index (χ0) is 11.4. The number of hydrogen-bond acceptors (Lipinski definition) is 3. The van der Waals surface area contributed by atoms with E-state index < -0.39 is 21.5 Å². The highest BCUT2D eigenvalue weighted by atomic mass is 35.5. The average Bonchev–Trinajstić information content (AvgIpc) is 1.78. The summed E-state index contributed by atoms with van der Waals surface area (Å²) in [5, 5.41) is 0. The van der Waals surface area contributed by atoms with Crippen molar-refractivity contribution in [3.8, 4) is 0 Å². The van der Waals surface area contributed by atoms with E-state index >= 15 is 0 Å². The molecule has 0 aliphatic rings. The van der Waals surface area contributed by atoms with Gasteiger partial charge in [0.15, 0.2) is 0 Å². The molecule has 0 rings (SSSR count). The molecule has 0 spiro atoms. The molecule has 0 saturated carbocycles. The summed E-state index contributed by atoms with van der Waals surface area (Å²) in [6.07, 6.45) is -0.0471. The van der Waals surface area contributed by atoms with Crippen LogP contribution in [0.4, 0.5) is 0 Å². The summed E-state index contributed by atoms with van der Waals surface area (Å²) < 4.78 is 24.9. The minimum absolute atomic E-state index is 0.0159. The maximum absolute atomic E-state index is 11.3. The molecule has 7 heteroatoms. The van der Waals surface area contributed by atoms with Crippen LogP contribution in [0.5, 0.6) is 0 Å². The summed E-state index contributed by atoms with van der Waals surface area (Å²) in [6.45, 7) is 3.17. The van der Waals surface area contributed by atoms with Crippen LogP contribution in [0, 0.1) is 0 Å². The van der Waals surface area contributed by atoms with Crippen molar-refractivity contribution in [3.05, 3.63) is 0 Å². The zero-order valence-corrected chi connectivity index (χ0v) is 9.78. The molecule has 0 aromatic heterocycles. The Hall–Kier alpha value is -0.330. The van der Waals surface area contributed by atoms with Gasteiger partial charge in [-0.05, 0) is 13.8 Å². The van der Waals surface area contributed by atoms with Crippen molar-refractivity contribution in [1.29, 1.82) is 0 Å². The van der Waals surface area contributed by atoms with Gasteiger partial charge in [0.1, 0.15) is 0 Å². The number of carbonyl (C=O) groups excluding carboxylic acids is 1. The van der Waals surface area contributed by atoms with Crippen LogP contribution in [0.3, 0.4) is 0 Å². The molecule has 0 fully saturated rings. The fraction of sp³-hybridized carbons (Fsp3) is 0.857. The molecule has 0 saturated heterocycles. The van der Waals surface area contributed by atoms with E-state index in [4.69, 9.17) is 17.3 Å². The lowest BCUT2D eigenvalue weighted by Crippen LogP contribution is -2.46. The fourth-order valence-electron chi connectivity index (χ4n) is 1.05. The number of hydrogen-bond donors (Lipinski definition) is 2. The van der Waals surface area contributed by atoms with E-state index in [1.807, 2.05) is 0 Å². The summed E-state index contributed by atoms with van der Waals surface area (Å²) in [7, 11) is -3.42. The van der Waals surface area contributed by atoms with Gasteiger partial charge in [-0.15, -0.1) is 11.6 Å². The summed E-state index contributed by atoms with van der Waals surface area (Å²) in [5.74, 6) is -0.706. The van der Waals surface area contributed by atoms with Crippen molar-refractivity contribution in [2.75, 3.05) is 11.6 Å². The van der Waals surface area contributed by atoms with Crippen LogP contribution in [-0.4, -0.2) is 31.5 Å². The second kappa shape index (κ2) is 4.95. The highest BCUT2D eigenvalue weighted by molar-refractivity contribution is 7.89. The normalized spacial score (nSPS) is 12.8. The van der Waals surface area contributed by atoms with E-state index in [1.54, 1.807) is 13.8 Å². The standard InChI is InChI=1S/C7H15ClN2O3S/c1-7(2,5-6(9)11)10-14(12,13)4-3-8/h10H,3-5H2,1-2H3,(H2,9,11). The van der Waals surface area contributed by atoms with Crippen LogP contribution in [-0.2, 0) is 14.8 Å². The molecule has 84 valence electrons. The first-order valence-electron chi connectivity index (χ1n) is 4.04. The molecule has 0 radical (unpaired) electrons. The monoisotopic (exact) mass is 242 g/mol. The van der Waals surface area contributed by atoms with Gasteiger partial charge in [-0.25, -0.2) is 13.1 Å². The third-order valence-corrected chi connectivity index (χ3v) is 3.41. The smallest absolute Gasteiger partial charge is 0.219 e. The molecule has 0 aromatic carbocycles. The summed E-state index contributed by atoms with van der Waals surface area (Å²) in [6, 6.07) is 0. The maximum atomic E-state index is 11.3. The number of halogens is 1. The Morgan fingerprint density at radius 1 is 1.50 bits per heavy atom. The molecular weight excluding hydrogens is 228 g/mol. The van der Waals surface area contributed by atoms with Crippen LogP contribution in [0.1, 0.15) is 20.3 Å². The van der Waals surface area contributed by atoms with Crippen LogP contribution in [0.15, 0.2) is 0 Å². The second-order valence-electron chi connectivity index (χ2n) is 3.64. The van der Waals surface area contributed by atoms with E-state index in [1.165, 1.54) is 0 Å². The SMILES string of the molecule is CC(C)(CC(N)=O)NS(=O)(=O)CCCl. The lowest BCUT2D eigenvalue weighted by molar-refractivity contribution is -0.119. The van der Waals surface area contributed by atoms with Crippen LogP contribution >= 0.6 is 11.6 Å². The number of nitrogens with two attached hydrogens (primary N) is 1. The fourth-order valence-corrected chi connectivity index (χ4v) is 2.87. The Bertz CT molecular complexity index is 300. The van der Waals surface area contributed by atoms with Crippen LogP contribution in [0.2, 0.25) is 0 Å². The Labute approximate surface area is 89.0 Å². The van der Waals surface area contributed by atoms with Gasteiger partial charge in [0.25, 0.3) is 0 Å². The first kappa shape index (κ1) is 13.7. The van der Waals surface area contributed by atoms with Gasteiger partial charge < -0.3 is 5.73 Å². The Morgan fingerprint density at radius 2 is 2.00 bits per heavy atom. The van der Waals surface area contributed by atoms with Gasteiger partial charge in [-0.1, -0.05) is 0 Å². The molecule has 3 N–H and O–H groups in total. The van der Waals surface area contributed by atoms with Gasteiger partial charge in [-0.3, -0.25) is 4.79 Å². The van der Waals surface area contributed by atoms with Gasteiger partial charge in [0.2, 0.25) is 15.9 Å². The number of alkyl halides is 1. The minimum atomic E-state index is -3.42. The molecule has 5 nitrogen and oxygen atoms in total. The highest BCUT2D eigenvalue weighted by Gasteiger charge is 2.26. The quantitative estimate of drug-likeness (QED) is 0.632. The first-order valence-corrected chi connectivity index (χ1v) is 6.23. The lowest BCUT2D eigenvalue weighted by atomic mass is 10.0. The van der Waals surface area contributed by atoms with Crippen LogP contribution < -0.4 is 10.5 Å². The second-order valence-corrected chi connectivity index (χ2v) is 5.86. The van der Waals surface area contributed by atoms with E-state index in [-0.39, 0.29) is 18.1 Å². The Morgan fingerprint density at radius 3 is 2.36 bits per heavy atom. The van der Waals surface area contributed by atoms with Crippen molar-refractivity contribution < 1.29 is 13.2 Å². The number of amides is 1. The van der Waals surface area contributed by atoms with Gasteiger partial charge >= 0.3 is 0 Å². The summed E-state index contributed by atoms with van der Waals surface area (Å²) in [5.41, 5.74) is 4.11. The van der Waals surface area contributed by atoms with E-state index in [0.717, 1.165) is 0 Å². The number of rotatable bonds is 6. The largest absolute Gasteiger partial charge is 0.370 e. The van der Waals surface area contributed by atoms with E-state index in [9.17, 15) is 13.2 Å². The van der Waals surface area contributed by atoms with Crippen LogP contribution in [0.25, 0.3) is 0 Å². The molecule has 1 amide bonds. The van der Waals surface area contributed by atoms with Crippen molar-refractivity contribution in [3.63, 3.8) is 0 Å². The predicted molar refractivity (Wildman–Crippen MR) is 55.5 cm³/mol. The molecule has 0 heterocycles. The number of nitrogens with one attached hydrogen (secondary N) is 1. The topological polar surface area (TPSA) is 89.3 Å². The molecule has 0 unspecified atom stereocenters. The van der Waals surface area contributed by atoms with Gasteiger partial charge in [-0.2, -0.15) is 0 Å². The van der Waals surface area contributed by atoms with Gasteiger partial charge in [0.05, 0.1) is 5.75 Å². The number of primary amides is 1. The van der Waals surface area contributed by atoms with Crippen molar-refractivity contribution in [1.82, 2.24) is 4.72 Å². The summed E-state index contributed by atoms with van der Waals surface area (Å²) in [4.78, 5) is 10.6. The zero-order valence-electron chi connectivity index (χ0n) is 8.21.